The van der Waals surface area contributed by atoms with E-state index in [9.17, 15) is 4.39 Å². The quantitative estimate of drug-likeness (QED) is 0.574. The monoisotopic (exact) mass is 362 g/mol. The number of imidazole rings is 2. The Bertz CT molecular complexity index is 1070. The predicted molar refractivity (Wildman–Crippen MR) is 102 cm³/mol. The molecule has 1 aliphatic rings. The number of anilines is 1. The molecule has 6 nitrogen and oxygen atoms in total. The molecule has 1 saturated carbocycles. The molecule has 136 valence electrons. The largest absolute Gasteiger partial charge is 0.364 e. The molecule has 0 saturated heterocycles. The van der Waals surface area contributed by atoms with Gasteiger partial charge in [0.25, 0.3) is 0 Å². The van der Waals surface area contributed by atoms with E-state index in [1.807, 2.05) is 40.9 Å². The van der Waals surface area contributed by atoms with Crippen LogP contribution >= 0.6 is 0 Å². The second-order valence-electron chi connectivity index (χ2n) is 6.83. The van der Waals surface area contributed by atoms with Crippen LogP contribution in [-0.2, 0) is 0 Å². The Morgan fingerprint density at radius 3 is 2.96 bits per heavy atom. The van der Waals surface area contributed by atoms with Gasteiger partial charge in [-0.15, -0.1) is 0 Å². The van der Waals surface area contributed by atoms with Gasteiger partial charge in [-0.1, -0.05) is 6.07 Å². The van der Waals surface area contributed by atoms with E-state index >= 15 is 0 Å². The van der Waals surface area contributed by atoms with E-state index < -0.39 is 6.17 Å². The topological polar surface area (TPSA) is 70.9 Å². The molecule has 0 unspecified atom stereocenters. The molecule has 0 amide bonds. The first-order valence-corrected chi connectivity index (χ1v) is 9.13. The van der Waals surface area contributed by atoms with Crippen LogP contribution in [0.15, 0.2) is 55.1 Å². The van der Waals surface area contributed by atoms with Gasteiger partial charge in [0.1, 0.15) is 23.5 Å². The number of nitrogens with zero attached hydrogens (tertiary/aromatic N) is 4. The normalized spacial score (nSPS) is 19.6. The van der Waals surface area contributed by atoms with Crippen LogP contribution in [0.1, 0.15) is 19.3 Å². The molecule has 1 aliphatic carbocycles. The maximum atomic E-state index is 13.9. The van der Waals surface area contributed by atoms with Gasteiger partial charge in [-0.05, 0) is 43.5 Å². The highest BCUT2D eigenvalue weighted by atomic mass is 19.1. The van der Waals surface area contributed by atoms with Gasteiger partial charge in [0.2, 0.25) is 0 Å². The van der Waals surface area contributed by atoms with Gasteiger partial charge in [0, 0.05) is 24.2 Å². The van der Waals surface area contributed by atoms with Crippen molar-refractivity contribution in [3.63, 3.8) is 0 Å². The van der Waals surface area contributed by atoms with E-state index in [2.05, 4.69) is 25.3 Å². The molecule has 4 heterocycles. The summed E-state index contributed by atoms with van der Waals surface area (Å²) in [5, 5.41) is 3.24. The van der Waals surface area contributed by atoms with Crippen molar-refractivity contribution in [1.82, 2.24) is 24.3 Å². The fourth-order valence-electron chi connectivity index (χ4n) is 3.67. The number of rotatable bonds is 4. The van der Waals surface area contributed by atoms with Gasteiger partial charge in [0.15, 0.2) is 0 Å². The number of H-pyrrole nitrogens is 1. The van der Waals surface area contributed by atoms with Gasteiger partial charge in [-0.3, -0.25) is 4.40 Å². The van der Waals surface area contributed by atoms with E-state index in [4.69, 9.17) is 0 Å². The van der Waals surface area contributed by atoms with Gasteiger partial charge < -0.3 is 10.3 Å². The average Bonchev–Trinajstić information content (AvgIpc) is 3.43. The molecule has 0 bridgehead atoms. The lowest BCUT2D eigenvalue weighted by Crippen LogP contribution is -2.25. The number of nitrogens with one attached hydrogen (secondary N) is 2. The molecule has 0 aromatic carbocycles. The van der Waals surface area contributed by atoms with Crippen LogP contribution in [0.3, 0.4) is 0 Å². The zero-order valence-corrected chi connectivity index (χ0v) is 14.6. The molecular weight excluding hydrogens is 343 g/mol. The fraction of sp³-hybridized carbons (Fsp3) is 0.250. The molecule has 27 heavy (non-hydrogen) atoms. The van der Waals surface area contributed by atoms with Gasteiger partial charge in [0.05, 0.1) is 23.6 Å². The third-order valence-electron chi connectivity index (χ3n) is 5.06. The number of aromatic nitrogens is 5. The summed E-state index contributed by atoms with van der Waals surface area (Å²) in [7, 11) is 0. The second-order valence-corrected chi connectivity index (χ2v) is 6.83. The number of alkyl halides is 1. The van der Waals surface area contributed by atoms with Crippen molar-refractivity contribution in [2.45, 2.75) is 31.5 Å². The molecule has 2 N–H and O–H groups in total. The zero-order chi connectivity index (χ0) is 18.2. The maximum Gasteiger partial charge on any atom is 0.137 e. The summed E-state index contributed by atoms with van der Waals surface area (Å²) >= 11 is 0. The molecule has 2 atom stereocenters. The highest BCUT2D eigenvalue weighted by Gasteiger charge is 2.27. The lowest BCUT2D eigenvalue weighted by Gasteiger charge is -2.16. The van der Waals surface area contributed by atoms with Crippen molar-refractivity contribution in [3.05, 3.63) is 55.1 Å². The van der Waals surface area contributed by atoms with Gasteiger partial charge >= 0.3 is 0 Å². The molecule has 4 aromatic heterocycles. The summed E-state index contributed by atoms with van der Waals surface area (Å²) < 4.78 is 15.9. The number of fused-ring (bicyclic) bond motifs is 1. The van der Waals surface area contributed by atoms with Crippen molar-refractivity contribution in [3.8, 4) is 22.8 Å². The number of halogens is 1. The van der Waals surface area contributed by atoms with Crippen LogP contribution in [0.2, 0.25) is 0 Å². The van der Waals surface area contributed by atoms with E-state index in [1.54, 1.807) is 18.6 Å². The molecule has 1 fully saturated rings. The van der Waals surface area contributed by atoms with Crippen molar-refractivity contribution in [2.24, 2.45) is 0 Å². The molecule has 0 radical (unpaired) electrons. The smallest absolute Gasteiger partial charge is 0.137 e. The highest BCUT2D eigenvalue weighted by Crippen LogP contribution is 2.27. The van der Waals surface area contributed by atoms with Crippen LogP contribution in [0.25, 0.3) is 28.4 Å². The summed E-state index contributed by atoms with van der Waals surface area (Å²) in [5.41, 5.74) is 3.48. The minimum absolute atomic E-state index is 0.147. The first-order chi connectivity index (χ1) is 13.3. The van der Waals surface area contributed by atoms with E-state index in [1.165, 1.54) is 0 Å². The van der Waals surface area contributed by atoms with E-state index in [-0.39, 0.29) is 6.04 Å². The summed E-state index contributed by atoms with van der Waals surface area (Å²) in [6.45, 7) is 0. The summed E-state index contributed by atoms with van der Waals surface area (Å²) in [6, 6.07) is 9.58. The Balaban J connectivity index is 1.47. The maximum absolute atomic E-state index is 13.9. The zero-order valence-electron chi connectivity index (χ0n) is 14.6. The average molecular weight is 362 g/mol. The van der Waals surface area contributed by atoms with Crippen LogP contribution in [0, 0.1) is 0 Å². The van der Waals surface area contributed by atoms with Gasteiger partial charge in [-0.25, -0.2) is 19.3 Å². The molecule has 4 aromatic rings. The van der Waals surface area contributed by atoms with Crippen LogP contribution < -0.4 is 5.32 Å². The van der Waals surface area contributed by atoms with E-state index in [0.29, 0.717) is 12.2 Å². The number of pyridine rings is 2. The molecule has 7 heteroatoms. The number of hydrogen-bond acceptors (Lipinski definition) is 4. The van der Waals surface area contributed by atoms with E-state index in [0.717, 1.165) is 41.3 Å². The first-order valence-electron chi connectivity index (χ1n) is 9.13. The Hall–Kier alpha value is -3.22. The lowest BCUT2D eigenvalue weighted by molar-refractivity contribution is 0.323. The summed E-state index contributed by atoms with van der Waals surface area (Å²) in [6.07, 6.45) is 8.89. The summed E-state index contributed by atoms with van der Waals surface area (Å²) in [4.78, 5) is 16.6. The molecule has 5 rings (SSSR count). The lowest BCUT2D eigenvalue weighted by atomic mass is 10.2. The minimum Gasteiger partial charge on any atom is -0.364 e. The van der Waals surface area contributed by atoms with Crippen molar-refractivity contribution in [1.29, 1.82) is 0 Å². The highest BCUT2D eigenvalue weighted by molar-refractivity contribution is 5.67. The third-order valence-corrected chi connectivity index (χ3v) is 5.06. The van der Waals surface area contributed by atoms with Crippen molar-refractivity contribution >= 4 is 11.5 Å². The number of hydrogen-bond donors (Lipinski definition) is 2. The standard InChI is InChI=1S/C20H19FN6/c21-14-3-1-4-15(14)25-18-6-2-5-16(26-18)17-12-24-19-11-13(7-10-27(17)19)20-22-8-9-23-20/h2,5-12,14-15H,1,3-4H2,(H,22,23)(H,25,26)/t14-,15-/m0/s1. The number of aromatic amines is 1. The Morgan fingerprint density at radius 2 is 2.15 bits per heavy atom. The van der Waals surface area contributed by atoms with Gasteiger partial charge in [-0.2, -0.15) is 0 Å². The van der Waals surface area contributed by atoms with Crippen molar-refractivity contribution < 1.29 is 4.39 Å². The van der Waals surface area contributed by atoms with Crippen LogP contribution in [0.4, 0.5) is 10.2 Å². The van der Waals surface area contributed by atoms with Crippen LogP contribution in [-0.4, -0.2) is 36.6 Å². The van der Waals surface area contributed by atoms with Crippen LogP contribution in [0.5, 0.6) is 0 Å². The Labute approximate surface area is 155 Å². The Morgan fingerprint density at radius 1 is 1.19 bits per heavy atom. The fourth-order valence-corrected chi connectivity index (χ4v) is 3.67. The first kappa shape index (κ1) is 16.0. The SMILES string of the molecule is F[C@H]1CCC[C@@H]1Nc1cccc(-c2cnc3cc(-c4ncc[nH]4)ccn23)n1. The summed E-state index contributed by atoms with van der Waals surface area (Å²) in [5.74, 6) is 1.51. The Kier molecular flexibility index (Phi) is 3.85. The molecule has 0 spiro atoms. The predicted octanol–water partition coefficient (Wildman–Crippen LogP) is 4.09. The minimum atomic E-state index is -0.800. The molecule has 0 aliphatic heterocycles. The second kappa shape index (κ2) is 6.50. The van der Waals surface area contributed by atoms with Crippen molar-refractivity contribution in [2.75, 3.05) is 5.32 Å². The molecular formula is C20H19FN6. The third kappa shape index (κ3) is 2.95.